The lowest BCUT2D eigenvalue weighted by Crippen LogP contribution is -2.48. The second kappa shape index (κ2) is 5.79. The van der Waals surface area contributed by atoms with Crippen molar-refractivity contribution >= 4 is 23.2 Å². The van der Waals surface area contributed by atoms with Crippen molar-refractivity contribution in [1.29, 1.82) is 0 Å². The number of halogens is 1. The highest BCUT2D eigenvalue weighted by Gasteiger charge is 2.19. The molecule has 1 aromatic carbocycles. The summed E-state index contributed by atoms with van der Waals surface area (Å²) in [5.41, 5.74) is 1.11. The van der Waals surface area contributed by atoms with E-state index in [1.807, 2.05) is 24.3 Å². The molecule has 1 heterocycles. The molecule has 1 aromatic rings. The van der Waals surface area contributed by atoms with Crippen molar-refractivity contribution in [2.75, 3.05) is 31.1 Å². The number of amides is 1. The third-order valence-corrected chi connectivity index (χ3v) is 3.21. The minimum Gasteiger partial charge on any atom is -0.368 e. The fourth-order valence-electron chi connectivity index (χ4n) is 2.03. The number of hydrogen-bond donors (Lipinski definition) is 0. The summed E-state index contributed by atoms with van der Waals surface area (Å²) in [5, 5.41) is 0.739. The molecule has 0 aromatic heterocycles. The number of benzene rings is 1. The van der Waals surface area contributed by atoms with Crippen LogP contribution in [0.3, 0.4) is 0 Å². The molecular weight excluding hydrogens is 248 g/mol. The van der Waals surface area contributed by atoms with Crippen LogP contribution >= 0.6 is 11.6 Å². The molecule has 0 aliphatic carbocycles. The Morgan fingerprint density at radius 2 is 2.00 bits per heavy atom. The zero-order valence-electron chi connectivity index (χ0n) is 10.3. The number of hydrogen-bond acceptors (Lipinski definition) is 2. The quantitative estimate of drug-likeness (QED) is 0.723. The van der Waals surface area contributed by atoms with Crippen LogP contribution in [0.4, 0.5) is 5.69 Å². The Kier molecular flexibility index (Phi) is 4.11. The van der Waals surface area contributed by atoms with Gasteiger partial charge in [-0.1, -0.05) is 23.6 Å². The fourth-order valence-corrected chi connectivity index (χ4v) is 2.21. The van der Waals surface area contributed by atoms with Gasteiger partial charge in [0.25, 0.3) is 5.91 Å². The van der Waals surface area contributed by atoms with E-state index in [1.54, 1.807) is 11.8 Å². The van der Waals surface area contributed by atoms with E-state index >= 15 is 0 Å². The smallest absolute Gasteiger partial charge is 0.298 e. The number of rotatable bonds is 1. The third-order valence-electron chi connectivity index (χ3n) is 2.97. The molecule has 1 aliphatic rings. The van der Waals surface area contributed by atoms with Gasteiger partial charge in [0.15, 0.2) is 0 Å². The summed E-state index contributed by atoms with van der Waals surface area (Å²) in [5.74, 6) is 5.14. The monoisotopic (exact) mass is 262 g/mol. The van der Waals surface area contributed by atoms with Gasteiger partial charge in [0.05, 0.1) is 0 Å². The van der Waals surface area contributed by atoms with Gasteiger partial charge in [-0.25, -0.2) is 0 Å². The van der Waals surface area contributed by atoms with Crippen LogP contribution in [-0.4, -0.2) is 37.0 Å². The largest absolute Gasteiger partial charge is 0.368 e. The van der Waals surface area contributed by atoms with Crippen LogP contribution in [0.25, 0.3) is 0 Å². The summed E-state index contributed by atoms with van der Waals surface area (Å²) in [6.07, 6.45) is 0. The minimum absolute atomic E-state index is 0.0803. The summed E-state index contributed by atoms with van der Waals surface area (Å²) in [4.78, 5) is 15.6. The molecule has 94 valence electrons. The summed E-state index contributed by atoms with van der Waals surface area (Å²) >= 11 is 5.97. The van der Waals surface area contributed by atoms with Crippen molar-refractivity contribution in [1.82, 2.24) is 4.90 Å². The third kappa shape index (κ3) is 2.96. The lowest BCUT2D eigenvalue weighted by atomic mass is 10.2. The number of carbonyl (C=O) groups is 1. The SMILES string of the molecule is CC#CC(=O)N1CCN(c2cccc(Cl)c2)CC1. The summed E-state index contributed by atoms with van der Waals surface area (Å²) in [7, 11) is 0. The summed E-state index contributed by atoms with van der Waals surface area (Å²) < 4.78 is 0. The first-order valence-corrected chi connectivity index (χ1v) is 6.30. The second-order valence-electron chi connectivity index (χ2n) is 4.13. The van der Waals surface area contributed by atoms with E-state index in [1.165, 1.54) is 0 Å². The number of piperazine rings is 1. The van der Waals surface area contributed by atoms with E-state index in [9.17, 15) is 4.79 Å². The van der Waals surface area contributed by atoms with Crippen LogP contribution in [0, 0.1) is 11.8 Å². The lowest BCUT2D eigenvalue weighted by Gasteiger charge is -2.35. The molecule has 0 saturated carbocycles. The average Bonchev–Trinajstić information content (AvgIpc) is 2.39. The maximum Gasteiger partial charge on any atom is 0.298 e. The van der Waals surface area contributed by atoms with Crippen molar-refractivity contribution < 1.29 is 4.79 Å². The van der Waals surface area contributed by atoms with Crippen LogP contribution in [0.5, 0.6) is 0 Å². The van der Waals surface area contributed by atoms with E-state index in [2.05, 4.69) is 16.7 Å². The van der Waals surface area contributed by atoms with Crippen LogP contribution < -0.4 is 4.90 Å². The number of anilines is 1. The maximum absolute atomic E-state index is 11.6. The van der Waals surface area contributed by atoms with Gasteiger partial charge in [0.2, 0.25) is 0 Å². The molecule has 0 atom stereocenters. The molecule has 3 nitrogen and oxygen atoms in total. The van der Waals surface area contributed by atoms with Gasteiger partial charge in [-0.15, -0.1) is 0 Å². The van der Waals surface area contributed by atoms with Crippen LogP contribution in [-0.2, 0) is 4.79 Å². The van der Waals surface area contributed by atoms with Gasteiger partial charge in [-0.05, 0) is 31.0 Å². The van der Waals surface area contributed by atoms with Gasteiger partial charge in [-0.2, -0.15) is 0 Å². The molecule has 1 saturated heterocycles. The molecular formula is C14H15ClN2O. The zero-order valence-corrected chi connectivity index (χ0v) is 11.1. The topological polar surface area (TPSA) is 23.6 Å². The Labute approximate surface area is 112 Å². The Balaban J connectivity index is 1.98. The molecule has 0 unspecified atom stereocenters. The predicted octanol–water partition coefficient (Wildman–Crippen LogP) is 2.01. The van der Waals surface area contributed by atoms with Crippen molar-refractivity contribution in [3.63, 3.8) is 0 Å². The first-order chi connectivity index (χ1) is 8.70. The fraction of sp³-hybridized carbons (Fsp3) is 0.357. The highest BCUT2D eigenvalue weighted by molar-refractivity contribution is 6.30. The molecule has 0 bridgehead atoms. The minimum atomic E-state index is -0.0803. The normalized spacial score (nSPS) is 15.0. The van der Waals surface area contributed by atoms with Crippen LogP contribution in [0.15, 0.2) is 24.3 Å². The first kappa shape index (κ1) is 12.8. The molecule has 1 fully saturated rings. The van der Waals surface area contributed by atoms with Crippen LogP contribution in [0.2, 0.25) is 5.02 Å². The average molecular weight is 263 g/mol. The summed E-state index contributed by atoms with van der Waals surface area (Å²) in [6.45, 7) is 4.73. The Morgan fingerprint density at radius 1 is 1.28 bits per heavy atom. The second-order valence-corrected chi connectivity index (χ2v) is 4.57. The van der Waals surface area contributed by atoms with E-state index < -0.39 is 0 Å². The molecule has 0 radical (unpaired) electrons. The van der Waals surface area contributed by atoms with Gasteiger partial charge < -0.3 is 9.80 Å². The van der Waals surface area contributed by atoms with Crippen molar-refractivity contribution in [3.05, 3.63) is 29.3 Å². The molecule has 18 heavy (non-hydrogen) atoms. The highest BCUT2D eigenvalue weighted by Crippen LogP contribution is 2.20. The Hall–Kier alpha value is -1.66. The molecule has 1 aliphatic heterocycles. The van der Waals surface area contributed by atoms with Gasteiger partial charge in [-0.3, -0.25) is 4.79 Å². The maximum atomic E-state index is 11.6. The predicted molar refractivity (Wildman–Crippen MR) is 73.7 cm³/mol. The Morgan fingerprint density at radius 3 is 2.61 bits per heavy atom. The van der Waals surface area contributed by atoms with Gasteiger partial charge in [0.1, 0.15) is 0 Å². The molecule has 0 N–H and O–H groups in total. The standard InChI is InChI=1S/C14H15ClN2O/c1-2-4-14(18)17-9-7-16(8-10-17)13-6-3-5-12(15)11-13/h3,5-6,11H,7-10H2,1H3. The molecule has 4 heteroatoms. The zero-order chi connectivity index (χ0) is 13.0. The van der Waals surface area contributed by atoms with Gasteiger partial charge in [0, 0.05) is 36.9 Å². The van der Waals surface area contributed by atoms with E-state index in [0.29, 0.717) is 13.1 Å². The lowest BCUT2D eigenvalue weighted by molar-refractivity contribution is -0.125. The number of carbonyl (C=O) groups excluding carboxylic acids is 1. The number of nitrogens with zero attached hydrogens (tertiary/aromatic N) is 2. The Bertz CT molecular complexity index is 496. The van der Waals surface area contributed by atoms with Crippen molar-refractivity contribution in [3.8, 4) is 11.8 Å². The highest BCUT2D eigenvalue weighted by atomic mass is 35.5. The van der Waals surface area contributed by atoms with Crippen molar-refractivity contribution in [2.45, 2.75) is 6.92 Å². The van der Waals surface area contributed by atoms with Crippen molar-refractivity contribution in [2.24, 2.45) is 0 Å². The molecule has 0 spiro atoms. The molecule has 1 amide bonds. The van der Waals surface area contributed by atoms with E-state index in [4.69, 9.17) is 11.6 Å². The first-order valence-electron chi connectivity index (χ1n) is 5.93. The van der Waals surface area contributed by atoms with E-state index in [-0.39, 0.29) is 5.91 Å². The van der Waals surface area contributed by atoms with E-state index in [0.717, 1.165) is 23.8 Å². The summed E-state index contributed by atoms with van der Waals surface area (Å²) in [6, 6.07) is 7.79. The molecule has 2 rings (SSSR count). The van der Waals surface area contributed by atoms with Crippen LogP contribution in [0.1, 0.15) is 6.92 Å². The van der Waals surface area contributed by atoms with Gasteiger partial charge >= 0.3 is 0 Å².